The van der Waals surface area contributed by atoms with Crippen molar-refractivity contribution in [2.24, 2.45) is 0 Å². The fourth-order valence-corrected chi connectivity index (χ4v) is 3.10. The number of hydrogen-bond acceptors (Lipinski definition) is 7. The highest BCUT2D eigenvalue weighted by molar-refractivity contribution is 5.37. The number of fused-ring (bicyclic) bond motifs is 1. The van der Waals surface area contributed by atoms with Gasteiger partial charge in [0, 0.05) is 44.7 Å². The Kier molecular flexibility index (Phi) is 7.17. The van der Waals surface area contributed by atoms with Gasteiger partial charge in [-0.3, -0.25) is 9.69 Å². The molecule has 1 N–H and O–H groups in total. The van der Waals surface area contributed by atoms with Crippen LogP contribution in [-0.4, -0.2) is 52.7 Å². The normalized spacial score (nSPS) is 16.7. The highest BCUT2D eigenvalue weighted by atomic mass is 16.5. The molecule has 0 atom stereocenters. The lowest BCUT2D eigenvalue weighted by Crippen LogP contribution is -2.50. The number of hydrogen-bond donors (Lipinski definition) is 1. The van der Waals surface area contributed by atoms with E-state index in [0.29, 0.717) is 6.47 Å². The first-order valence-corrected chi connectivity index (χ1v) is 10.0. The molecule has 0 bridgehead atoms. The van der Waals surface area contributed by atoms with Gasteiger partial charge in [0.15, 0.2) is 0 Å². The fourth-order valence-electron chi connectivity index (χ4n) is 3.10. The summed E-state index contributed by atoms with van der Waals surface area (Å²) in [7, 11) is 0. The first-order chi connectivity index (χ1) is 13.9. The molecule has 0 aliphatic carbocycles. The van der Waals surface area contributed by atoms with Gasteiger partial charge in [-0.2, -0.15) is 0 Å². The Hall–Kier alpha value is -2.51. The Labute approximate surface area is 172 Å². The molecule has 7 heteroatoms. The molecule has 2 aliphatic heterocycles. The van der Waals surface area contributed by atoms with E-state index in [2.05, 4.69) is 55.3 Å². The average Bonchev–Trinajstić information content (AvgIpc) is 2.65. The lowest BCUT2D eigenvalue weighted by Gasteiger charge is -2.32. The van der Waals surface area contributed by atoms with Crippen LogP contribution in [0.1, 0.15) is 37.6 Å². The molecule has 1 fully saturated rings. The van der Waals surface area contributed by atoms with E-state index in [1.807, 2.05) is 20.8 Å². The zero-order valence-electron chi connectivity index (χ0n) is 17.4. The molecule has 4 rings (SSSR count). The number of nitrogens with one attached hydrogen (secondary N) is 1. The smallest absolute Gasteiger partial charge is 0.293 e. The Morgan fingerprint density at radius 1 is 1.21 bits per heavy atom. The molecule has 29 heavy (non-hydrogen) atoms. The summed E-state index contributed by atoms with van der Waals surface area (Å²) in [6, 6.07) is 10.6. The standard InChI is InChI=1S/C17H20N4O.C5H10O2/c1-2-4-13(5-3-1)10-21-7-6-16-15(11-21)17(20-12-19-16)22-14-8-18-9-14;1-5(2,3)7-4-6/h1-5,12,14,18H,6-11H2;4H,1-3H3. The topological polar surface area (TPSA) is 76.6 Å². The van der Waals surface area contributed by atoms with Gasteiger partial charge < -0.3 is 14.8 Å². The largest absolute Gasteiger partial charge is 0.471 e. The molecule has 0 saturated carbocycles. The summed E-state index contributed by atoms with van der Waals surface area (Å²) in [5, 5.41) is 3.22. The van der Waals surface area contributed by atoms with Gasteiger partial charge in [0.1, 0.15) is 18.0 Å². The summed E-state index contributed by atoms with van der Waals surface area (Å²) in [4.78, 5) is 20.8. The van der Waals surface area contributed by atoms with E-state index in [4.69, 9.17) is 4.74 Å². The van der Waals surface area contributed by atoms with Gasteiger partial charge in [-0.1, -0.05) is 30.3 Å². The van der Waals surface area contributed by atoms with Crippen molar-refractivity contribution in [3.63, 3.8) is 0 Å². The van der Waals surface area contributed by atoms with E-state index < -0.39 is 0 Å². The molecule has 2 aliphatic rings. The molecule has 7 nitrogen and oxygen atoms in total. The van der Waals surface area contributed by atoms with Crippen molar-refractivity contribution in [1.29, 1.82) is 0 Å². The van der Waals surface area contributed by atoms with Crippen LogP contribution in [0.15, 0.2) is 36.7 Å². The zero-order valence-corrected chi connectivity index (χ0v) is 17.4. The van der Waals surface area contributed by atoms with Crippen LogP contribution in [0.3, 0.4) is 0 Å². The molecular weight excluding hydrogens is 368 g/mol. The second kappa shape index (κ2) is 9.80. The van der Waals surface area contributed by atoms with Crippen molar-refractivity contribution in [1.82, 2.24) is 20.2 Å². The van der Waals surface area contributed by atoms with Gasteiger partial charge in [0.2, 0.25) is 5.88 Å². The SMILES string of the molecule is CC(C)(C)OC=O.c1ccc(CN2CCc3ncnc(OC4CNC4)c3C2)cc1. The number of aromatic nitrogens is 2. The summed E-state index contributed by atoms with van der Waals surface area (Å²) < 4.78 is 10.6. The third kappa shape index (κ3) is 6.51. The number of carbonyl (C=O) groups is 1. The minimum atomic E-state index is -0.318. The van der Waals surface area contributed by atoms with Crippen LogP contribution in [0.2, 0.25) is 0 Å². The Bertz CT molecular complexity index is 788. The molecule has 0 radical (unpaired) electrons. The molecule has 2 aromatic rings. The van der Waals surface area contributed by atoms with Crippen LogP contribution in [0.5, 0.6) is 5.88 Å². The second-order valence-corrected chi connectivity index (χ2v) is 8.27. The van der Waals surface area contributed by atoms with Crippen LogP contribution in [0, 0.1) is 0 Å². The number of ether oxygens (including phenoxy) is 2. The highest BCUT2D eigenvalue weighted by Gasteiger charge is 2.25. The molecule has 1 saturated heterocycles. The summed E-state index contributed by atoms with van der Waals surface area (Å²) in [5.41, 5.74) is 3.33. The summed E-state index contributed by atoms with van der Waals surface area (Å²) in [5.74, 6) is 0.772. The first-order valence-electron chi connectivity index (χ1n) is 10.0. The molecule has 1 aromatic carbocycles. The quantitative estimate of drug-likeness (QED) is 0.775. The van der Waals surface area contributed by atoms with E-state index in [9.17, 15) is 4.79 Å². The van der Waals surface area contributed by atoms with E-state index >= 15 is 0 Å². The Balaban J connectivity index is 0.000000298. The fraction of sp³-hybridized carbons (Fsp3) is 0.500. The van der Waals surface area contributed by atoms with Crippen LogP contribution in [0.4, 0.5) is 0 Å². The molecule has 1 aromatic heterocycles. The van der Waals surface area contributed by atoms with Gasteiger partial charge in [0.05, 0.1) is 5.69 Å². The van der Waals surface area contributed by atoms with Crippen molar-refractivity contribution < 1.29 is 14.3 Å². The Morgan fingerprint density at radius 2 is 1.97 bits per heavy atom. The van der Waals surface area contributed by atoms with Crippen molar-refractivity contribution >= 4 is 6.47 Å². The third-order valence-electron chi connectivity index (χ3n) is 4.71. The maximum absolute atomic E-state index is 9.60. The molecule has 0 unspecified atom stereocenters. The van der Waals surface area contributed by atoms with Crippen molar-refractivity contribution in [3.8, 4) is 5.88 Å². The van der Waals surface area contributed by atoms with Crippen molar-refractivity contribution in [2.75, 3.05) is 19.6 Å². The Morgan fingerprint density at radius 3 is 2.55 bits per heavy atom. The maximum atomic E-state index is 9.60. The minimum Gasteiger partial charge on any atom is -0.471 e. The van der Waals surface area contributed by atoms with Gasteiger partial charge in [-0.05, 0) is 26.3 Å². The van der Waals surface area contributed by atoms with Crippen molar-refractivity contribution in [3.05, 3.63) is 53.5 Å². The van der Waals surface area contributed by atoms with Gasteiger partial charge in [-0.15, -0.1) is 0 Å². The van der Waals surface area contributed by atoms with Gasteiger partial charge in [0.25, 0.3) is 6.47 Å². The number of carbonyl (C=O) groups excluding carboxylic acids is 1. The zero-order chi connectivity index (χ0) is 20.7. The maximum Gasteiger partial charge on any atom is 0.293 e. The molecule has 0 spiro atoms. The molecule has 0 amide bonds. The van der Waals surface area contributed by atoms with Crippen LogP contribution in [-0.2, 0) is 29.0 Å². The molecule has 3 heterocycles. The molecule has 156 valence electrons. The van der Waals surface area contributed by atoms with Gasteiger partial charge >= 0.3 is 0 Å². The van der Waals surface area contributed by atoms with Crippen LogP contribution >= 0.6 is 0 Å². The van der Waals surface area contributed by atoms with Gasteiger partial charge in [-0.25, -0.2) is 9.97 Å². The molecular formula is C22H30N4O3. The second-order valence-electron chi connectivity index (χ2n) is 8.27. The van der Waals surface area contributed by atoms with E-state index in [0.717, 1.165) is 56.3 Å². The number of nitrogens with zero attached hydrogens (tertiary/aromatic N) is 3. The average molecular weight is 399 g/mol. The van der Waals surface area contributed by atoms with E-state index in [1.54, 1.807) is 6.33 Å². The summed E-state index contributed by atoms with van der Waals surface area (Å²) in [6.07, 6.45) is 2.85. The number of benzene rings is 1. The van der Waals surface area contributed by atoms with Crippen LogP contribution < -0.4 is 10.1 Å². The van der Waals surface area contributed by atoms with Crippen molar-refractivity contribution in [2.45, 2.75) is 52.0 Å². The summed E-state index contributed by atoms with van der Waals surface area (Å²) in [6.45, 7) is 10.6. The predicted octanol–water partition coefficient (Wildman–Crippen LogP) is 2.34. The monoisotopic (exact) mass is 398 g/mol. The highest BCUT2D eigenvalue weighted by Crippen LogP contribution is 2.26. The first kappa shape index (κ1) is 21.2. The van der Waals surface area contributed by atoms with Crippen LogP contribution in [0.25, 0.3) is 0 Å². The minimum absolute atomic E-state index is 0.253. The predicted molar refractivity (Wildman–Crippen MR) is 110 cm³/mol. The van der Waals surface area contributed by atoms with E-state index in [-0.39, 0.29) is 11.7 Å². The summed E-state index contributed by atoms with van der Waals surface area (Å²) >= 11 is 0. The van der Waals surface area contributed by atoms with E-state index in [1.165, 1.54) is 5.56 Å². The number of rotatable bonds is 5. The lowest BCUT2D eigenvalue weighted by molar-refractivity contribution is -0.138. The lowest BCUT2D eigenvalue weighted by atomic mass is 10.1. The third-order valence-corrected chi connectivity index (χ3v) is 4.71.